The molecule has 1 rings (SSSR count). The van der Waals surface area contributed by atoms with Gasteiger partial charge < -0.3 is 16.4 Å². The fraction of sp³-hybridized carbons (Fsp3) is 0.364. The highest BCUT2D eigenvalue weighted by Gasteiger charge is 2.26. The van der Waals surface area contributed by atoms with E-state index in [9.17, 15) is 13.2 Å². The van der Waals surface area contributed by atoms with Crippen molar-refractivity contribution in [2.45, 2.75) is 11.8 Å². The number of rotatable bonds is 5. The van der Waals surface area contributed by atoms with E-state index in [1.165, 1.54) is 7.05 Å². The first kappa shape index (κ1) is 15.5. The first-order valence-corrected chi connectivity index (χ1v) is 8.12. The van der Waals surface area contributed by atoms with Gasteiger partial charge in [0.2, 0.25) is 0 Å². The lowest BCUT2D eigenvalue weighted by Crippen LogP contribution is -2.18. The molecule has 0 fully saturated rings. The Bertz CT molecular complexity index is 617. The smallest absolute Gasteiger partial charge is 0.263 e. The van der Waals surface area contributed by atoms with Crippen molar-refractivity contribution in [2.24, 2.45) is 0 Å². The van der Waals surface area contributed by atoms with Gasteiger partial charge in [0, 0.05) is 19.8 Å². The second kappa shape index (κ2) is 5.62. The molecule has 0 saturated heterocycles. The third-order valence-corrected chi connectivity index (χ3v) is 4.71. The van der Waals surface area contributed by atoms with Crippen LogP contribution in [0.3, 0.4) is 0 Å². The maximum atomic E-state index is 11.8. The van der Waals surface area contributed by atoms with Crippen molar-refractivity contribution in [1.29, 1.82) is 0 Å². The molecule has 1 aromatic rings. The standard InChI is InChI=1S/C11H17N3O3S2/c1-6(2)5-14-11-9(19(4,16)17)7(12)8(18-11)10(15)13-3/h14H,1,5,12H2,2-4H3,(H,13,15). The summed E-state index contributed by atoms with van der Waals surface area (Å²) in [4.78, 5) is 11.8. The zero-order chi connectivity index (χ0) is 14.8. The SMILES string of the molecule is C=C(C)CNc1sc(C(=O)NC)c(N)c1S(C)(=O)=O. The lowest BCUT2D eigenvalue weighted by molar-refractivity contribution is 0.0968. The van der Waals surface area contributed by atoms with Crippen molar-refractivity contribution >= 4 is 37.8 Å². The van der Waals surface area contributed by atoms with E-state index in [1.807, 2.05) is 6.92 Å². The lowest BCUT2D eigenvalue weighted by atomic mass is 10.3. The summed E-state index contributed by atoms with van der Waals surface area (Å²) in [5.74, 6) is -0.407. The molecule has 0 aromatic carbocycles. The van der Waals surface area contributed by atoms with E-state index in [0.29, 0.717) is 11.5 Å². The molecule has 1 amide bonds. The number of nitrogens with one attached hydrogen (secondary N) is 2. The summed E-state index contributed by atoms with van der Waals surface area (Å²) in [6.45, 7) is 5.95. The molecule has 0 aliphatic rings. The minimum absolute atomic E-state index is 0.0175. The summed E-state index contributed by atoms with van der Waals surface area (Å²) in [6.07, 6.45) is 1.06. The van der Waals surface area contributed by atoms with Gasteiger partial charge in [0.25, 0.3) is 5.91 Å². The summed E-state index contributed by atoms with van der Waals surface area (Å²) in [5, 5.41) is 5.73. The van der Waals surface area contributed by atoms with E-state index in [-0.39, 0.29) is 15.5 Å². The average molecular weight is 303 g/mol. The predicted molar refractivity (Wildman–Crippen MR) is 78.5 cm³/mol. The number of nitrogens with two attached hydrogens (primary N) is 1. The zero-order valence-corrected chi connectivity index (χ0v) is 12.7. The van der Waals surface area contributed by atoms with E-state index < -0.39 is 15.7 Å². The van der Waals surface area contributed by atoms with Gasteiger partial charge in [0.1, 0.15) is 14.8 Å². The quantitative estimate of drug-likeness (QED) is 0.707. The third kappa shape index (κ3) is 3.48. The van der Waals surface area contributed by atoms with Gasteiger partial charge in [-0.1, -0.05) is 12.2 Å². The minimum atomic E-state index is -3.52. The molecule has 0 atom stereocenters. The number of hydrogen-bond acceptors (Lipinski definition) is 6. The predicted octanol–water partition coefficient (Wildman–Crippen LogP) is 1.08. The van der Waals surface area contributed by atoms with Gasteiger partial charge in [-0.3, -0.25) is 4.79 Å². The molecule has 4 N–H and O–H groups in total. The molecule has 0 aliphatic carbocycles. The summed E-state index contributed by atoms with van der Waals surface area (Å²) in [5.41, 5.74) is 6.60. The van der Waals surface area contributed by atoms with Crippen molar-refractivity contribution < 1.29 is 13.2 Å². The topological polar surface area (TPSA) is 101 Å². The molecule has 1 heterocycles. The first-order valence-electron chi connectivity index (χ1n) is 5.41. The first-order chi connectivity index (χ1) is 8.68. The highest BCUT2D eigenvalue weighted by Crippen LogP contribution is 2.39. The van der Waals surface area contributed by atoms with Gasteiger partial charge in [-0.25, -0.2) is 8.42 Å². The molecule has 1 aromatic heterocycles. The van der Waals surface area contributed by atoms with Crippen molar-refractivity contribution in [3.05, 3.63) is 17.0 Å². The van der Waals surface area contributed by atoms with Crippen LogP contribution in [0.2, 0.25) is 0 Å². The number of sulfone groups is 1. The Morgan fingerprint density at radius 3 is 2.47 bits per heavy atom. The number of nitrogen functional groups attached to an aromatic ring is 1. The molecular weight excluding hydrogens is 286 g/mol. The monoisotopic (exact) mass is 303 g/mol. The van der Waals surface area contributed by atoms with Crippen LogP contribution in [0.4, 0.5) is 10.7 Å². The van der Waals surface area contributed by atoms with Gasteiger partial charge in [-0.2, -0.15) is 0 Å². The largest absolute Gasteiger partial charge is 0.396 e. The Balaban J connectivity index is 3.36. The van der Waals surface area contributed by atoms with E-state index in [4.69, 9.17) is 5.73 Å². The van der Waals surface area contributed by atoms with Crippen LogP contribution in [0.25, 0.3) is 0 Å². The van der Waals surface area contributed by atoms with E-state index in [1.54, 1.807) is 0 Å². The normalized spacial score (nSPS) is 11.1. The Hall–Kier alpha value is -1.54. The van der Waals surface area contributed by atoms with Crippen LogP contribution in [0, 0.1) is 0 Å². The van der Waals surface area contributed by atoms with Crippen LogP contribution in [-0.4, -0.2) is 34.2 Å². The summed E-state index contributed by atoms with van der Waals surface area (Å²) < 4.78 is 23.6. The summed E-state index contributed by atoms with van der Waals surface area (Å²) in [7, 11) is -2.06. The second-order valence-electron chi connectivity index (χ2n) is 4.17. The highest BCUT2D eigenvalue weighted by atomic mass is 32.2. The van der Waals surface area contributed by atoms with Gasteiger partial charge in [0.15, 0.2) is 9.84 Å². The molecule has 6 nitrogen and oxygen atoms in total. The molecule has 0 bridgehead atoms. The Morgan fingerprint density at radius 2 is 2.05 bits per heavy atom. The fourth-order valence-corrected chi connectivity index (χ4v) is 3.94. The van der Waals surface area contributed by atoms with Crippen molar-refractivity contribution in [3.8, 4) is 0 Å². The van der Waals surface area contributed by atoms with Crippen LogP contribution < -0.4 is 16.4 Å². The van der Waals surface area contributed by atoms with Gasteiger partial charge in [-0.15, -0.1) is 11.3 Å². The Labute approximate surface area is 116 Å². The van der Waals surface area contributed by atoms with Crippen LogP contribution in [0.5, 0.6) is 0 Å². The maximum Gasteiger partial charge on any atom is 0.263 e. The van der Waals surface area contributed by atoms with E-state index >= 15 is 0 Å². The molecule has 0 spiro atoms. The van der Waals surface area contributed by atoms with E-state index in [0.717, 1.165) is 23.2 Å². The number of hydrogen-bond donors (Lipinski definition) is 3. The third-order valence-electron chi connectivity index (χ3n) is 2.25. The minimum Gasteiger partial charge on any atom is -0.396 e. The number of carbonyl (C=O) groups is 1. The molecule has 106 valence electrons. The molecule has 8 heteroatoms. The summed E-state index contributed by atoms with van der Waals surface area (Å²) in [6, 6.07) is 0. The van der Waals surface area contributed by atoms with Gasteiger partial charge in [0.05, 0.1) is 5.69 Å². The van der Waals surface area contributed by atoms with Crippen LogP contribution in [-0.2, 0) is 9.84 Å². The molecule has 19 heavy (non-hydrogen) atoms. The number of thiophene rings is 1. The van der Waals surface area contributed by atoms with Gasteiger partial charge in [-0.05, 0) is 6.92 Å². The number of anilines is 2. The molecule has 0 saturated carbocycles. The second-order valence-corrected chi connectivity index (χ2v) is 7.14. The average Bonchev–Trinajstić information content (AvgIpc) is 2.62. The summed E-state index contributed by atoms with van der Waals surface area (Å²) >= 11 is 1.02. The highest BCUT2D eigenvalue weighted by molar-refractivity contribution is 7.91. The lowest BCUT2D eigenvalue weighted by Gasteiger charge is -2.06. The Kier molecular flexibility index (Phi) is 4.59. The van der Waals surface area contributed by atoms with Crippen LogP contribution in [0.1, 0.15) is 16.6 Å². The van der Waals surface area contributed by atoms with Crippen molar-refractivity contribution in [2.75, 3.05) is 30.9 Å². The maximum absolute atomic E-state index is 11.8. The van der Waals surface area contributed by atoms with Gasteiger partial charge >= 0.3 is 0 Å². The molecule has 0 radical (unpaired) electrons. The zero-order valence-electron chi connectivity index (χ0n) is 11.0. The van der Waals surface area contributed by atoms with Crippen molar-refractivity contribution in [3.63, 3.8) is 0 Å². The fourth-order valence-electron chi connectivity index (χ4n) is 1.43. The molecule has 0 aliphatic heterocycles. The van der Waals surface area contributed by atoms with Crippen LogP contribution >= 0.6 is 11.3 Å². The van der Waals surface area contributed by atoms with Crippen LogP contribution in [0.15, 0.2) is 17.0 Å². The van der Waals surface area contributed by atoms with E-state index in [2.05, 4.69) is 17.2 Å². The molecule has 0 unspecified atom stereocenters. The number of amides is 1. The Morgan fingerprint density at radius 1 is 1.47 bits per heavy atom. The van der Waals surface area contributed by atoms with Crippen molar-refractivity contribution in [1.82, 2.24) is 5.32 Å². The molecular formula is C11H17N3O3S2. The number of carbonyl (C=O) groups excluding carboxylic acids is 1.